The average molecular weight is 240 g/mol. The Bertz CT molecular complexity index is 318. The minimum absolute atomic E-state index is 0.146. The second-order valence-corrected chi connectivity index (χ2v) is 4.41. The first-order chi connectivity index (χ1) is 7.86. The van der Waals surface area contributed by atoms with Crippen molar-refractivity contribution in [3.05, 3.63) is 0 Å². The molecule has 0 bridgehead atoms. The van der Waals surface area contributed by atoms with Crippen LogP contribution >= 0.6 is 0 Å². The van der Waals surface area contributed by atoms with E-state index in [1.807, 2.05) is 6.07 Å². The molecule has 0 unspecified atom stereocenters. The van der Waals surface area contributed by atoms with E-state index in [1.54, 1.807) is 32.7 Å². The van der Waals surface area contributed by atoms with E-state index in [2.05, 4.69) is 0 Å². The second-order valence-electron chi connectivity index (χ2n) is 4.41. The van der Waals surface area contributed by atoms with Crippen molar-refractivity contribution >= 4 is 11.8 Å². The Labute approximate surface area is 102 Å². The molecule has 0 aromatic rings. The van der Waals surface area contributed by atoms with Crippen molar-refractivity contribution in [2.24, 2.45) is 5.41 Å². The van der Waals surface area contributed by atoms with E-state index in [0.717, 1.165) is 0 Å². The summed E-state index contributed by atoms with van der Waals surface area (Å²) in [5, 5.41) is 8.43. The Morgan fingerprint density at radius 3 is 2.47 bits per heavy atom. The topological polar surface area (TPSA) is 70.4 Å². The highest BCUT2D eigenvalue weighted by Gasteiger charge is 2.37. The van der Waals surface area contributed by atoms with Gasteiger partial charge in [-0.25, -0.2) is 0 Å². The van der Waals surface area contributed by atoms with Gasteiger partial charge < -0.3 is 4.74 Å². The van der Waals surface area contributed by atoms with Crippen LogP contribution in [-0.2, 0) is 14.3 Å². The van der Waals surface area contributed by atoms with Gasteiger partial charge in [0.25, 0.3) is 0 Å². The number of rotatable bonds is 7. The molecule has 0 saturated carbocycles. The van der Waals surface area contributed by atoms with Crippen molar-refractivity contribution in [1.29, 1.82) is 5.26 Å². The molecule has 0 heterocycles. The number of hydrogen-bond acceptors (Lipinski definition) is 5. The third-order valence-corrected chi connectivity index (χ3v) is 2.50. The SMILES string of the molecule is CCOC(=O)C(C)(C)C(=O)CN(C)CCC#N. The summed E-state index contributed by atoms with van der Waals surface area (Å²) in [5.41, 5.74) is -1.13. The molecule has 0 atom stereocenters. The maximum Gasteiger partial charge on any atom is 0.319 e. The fourth-order valence-electron chi connectivity index (χ4n) is 1.19. The maximum atomic E-state index is 11.9. The number of ketones is 1. The van der Waals surface area contributed by atoms with Crippen LogP contribution in [0.1, 0.15) is 27.2 Å². The number of likely N-dealkylation sites (N-methyl/N-ethyl adjacent to an activating group) is 1. The molecule has 96 valence electrons. The summed E-state index contributed by atoms with van der Waals surface area (Å²) in [5.74, 6) is -0.699. The summed E-state index contributed by atoms with van der Waals surface area (Å²) in [6.45, 7) is 5.75. The van der Waals surface area contributed by atoms with Crippen LogP contribution in [0, 0.1) is 16.7 Å². The van der Waals surface area contributed by atoms with Crippen LogP contribution in [0.2, 0.25) is 0 Å². The van der Waals surface area contributed by atoms with Gasteiger partial charge in [-0.3, -0.25) is 14.5 Å². The summed E-state index contributed by atoms with van der Waals surface area (Å²) >= 11 is 0. The van der Waals surface area contributed by atoms with E-state index in [1.165, 1.54) is 0 Å². The van der Waals surface area contributed by atoms with E-state index >= 15 is 0 Å². The van der Waals surface area contributed by atoms with Crippen LogP contribution in [0.5, 0.6) is 0 Å². The van der Waals surface area contributed by atoms with Crippen molar-refractivity contribution in [3.8, 4) is 6.07 Å². The Kier molecular flexibility index (Phi) is 6.44. The number of nitrogens with zero attached hydrogens (tertiary/aromatic N) is 2. The van der Waals surface area contributed by atoms with Crippen molar-refractivity contribution in [2.75, 3.05) is 26.7 Å². The summed E-state index contributed by atoms with van der Waals surface area (Å²) in [6.07, 6.45) is 0.365. The molecule has 0 rings (SSSR count). The fourth-order valence-corrected chi connectivity index (χ4v) is 1.19. The van der Waals surface area contributed by atoms with Gasteiger partial charge in [-0.2, -0.15) is 5.26 Å². The van der Waals surface area contributed by atoms with Gasteiger partial charge in [-0.15, -0.1) is 0 Å². The Hall–Kier alpha value is -1.41. The first kappa shape index (κ1) is 15.6. The average Bonchev–Trinajstić information content (AvgIpc) is 2.26. The Balaban J connectivity index is 4.39. The number of esters is 1. The molecule has 0 aromatic carbocycles. The van der Waals surface area contributed by atoms with Gasteiger partial charge in [0.05, 0.1) is 19.2 Å². The molecule has 0 saturated heterocycles. The van der Waals surface area contributed by atoms with Crippen LogP contribution in [-0.4, -0.2) is 43.4 Å². The fraction of sp³-hybridized carbons (Fsp3) is 0.750. The van der Waals surface area contributed by atoms with Crippen LogP contribution in [0.3, 0.4) is 0 Å². The molecule has 0 aliphatic heterocycles. The highest BCUT2D eigenvalue weighted by Crippen LogP contribution is 2.19. The number of hydrogen-bond donors (Lipinski definition) is 0. The molecule has 0 aliphatic carbocycles. The molecule has 5 nitrogen and oxygen atoms in total. The van der Waals surface area contributed by atoms with Crippen LogP contribution in [0.15, 0.2) is 0 Å². The van der Waals surface area contributed by atoms with Gasteiger partial charge in [-0.05, 0) is 27.8 Å². The van der Waals surface area contributed by atoms with E-state index in [-0.39, 0.29) is 18.9 Å². The predicted octanol–water partition coefficient (Wildman–Crippen LogP) is 0.990. The van der Waals surface area contributed by atoms with E-state index < -0.39 is 11.4 Å². The summed E-state index contributed by atoms with van der Waals surface area (Å²) in [6, 6.07) is 2.01. The summed E-state index contributed by atoms with van der Waals surface area (Å²) in [4.78, 5) is 25.2. The third kappa shape index (κ3) is 4.96. The van der Waals surface area contributed by atoms with Crippen molar-refractivity contribution < 1.29 is 14.3 Å². The molecular formula is C12H20N2O3. The van der Waals surface area contributed by atoms with E-state index in [9.17, 15) is 9.59 Å². The van der Waals surface area contributed by atoms with Gasteiger partial charge in [-0.1, -0.05) is 0 Å². The number of ether oxygens (including phenoxy) is 1. The number of Topliss-reactive ketones (excluding diaryl/α,β-unsaturated/α-hetero) is 1. The van der Waals surface area contributed by atoms with Gasteiger partial charge in [0, 0.05) is 13.0 Å². The van der Waals surface area contributed by atoms with E-state index in [0.29, 0.717) is 13.0 Å². The lowest BCUT2D eigenvalue weighted by molar-refractivity contribution is -0.158. The Morgan fingerprint density at radius 1 is 1.41 bits per heavy atom. The molecule has 5 heteroatoms. The first-order valence-electron chi connectivity index (χ1n) is 5.62. The number of nitriles is 1. The van der Waals surface area contributed by atoms with Crippen molar-refractivity contribution in [1.82, 2.24) is 4.90 Å². The molecule has 0 spiro atoms. The zero-order chi connectivity index (χ0) is 13.5. The number of carbonyl (C=O) groups is 2. The molecule has 0 aliphatic rings. The highest BCUT2D eigenvalue weighted by atomic mass is 16.5. The smallest absolute Gasteiger partial charge is 0.319 e. The minimum atomic E-state index is -1.13. The van der Waals surface area contributed by atoms with Gasteiger partial charge >= 0.3 is 5.97 Å². The normalized spacial score (nSPS) is 11.1. The lowest BCUT2D eigenvalue weighted by atomic mass is 9.88. The Morgan fingerprint density at radius 2 is 2.00 bits per heavy atom. The zero-order valence-corrected chi connectivity index (χ0v) is 10.9. The zero-order valence-electron chi connectivity index (χ0n) is 10.9. The molecule has 0 N–H and O–H groups in total. The molecule has 0 radical (unpaired) electrons. The van der Waals surface area contributed by atoms with Gasteiger partial charge in [0.15, 0.2) is 5.78 Å². The van der Waals surface area contributed by atoms with Crippen LogP contribution in [0.4, 0.5) is 0 Å². The van der Waals surface area contributed by atoms with Crippen molar-refractivity contribution in [2.45, 2.75) is 27.2 Å². The van der Waals surface area contributed by atoms with Gasteiger partial charge in [0.2, 0.25) is 0 Å². The van der Waals surface area contributed by atoms with Crippen LogP contribution in [0.25, 0.3) is 0 Å². The number of carbonyl (C=O) groups excluding carboxylic acids is 2. The van der Waals surface area contributed by atoms with Gasteiger partial charge in [0.1, 0.15) is 5.41 Å². The highest BCUT2D eigenvalue weighted by molar-refractivity contribution is 6.03. The molecule has 0 aromatic heterocycles. The monoisotopic (exact) mass is 240 g/mol. The maximum absolute atomic E-state index is 11.9. The van der Waals surface area contributed by atoms with Crippen molar-refractivity contribution in [3.63, 3.8) is 0 Å². The van der Waals surface area contributed by atoms with E-state index in [4.69, 9.17) is 10.00 Å². The summed E-state index contributed by atoms with van der Waals surface area (Å²) < 4.78 is 4.86. The standard InChI is InChI=1S/C12H20N2O3/c1-5-17-11(16)12(2,3)10(15)9-14(4)8-6-7-13/h5-6,8-9H2,1-4H3. The second kappa shape index (κ2) is 7.02. The predicted molar refractivity (Wildman–Crippen MR) is 63.1 cm³/mol. The summed E-state index contributed by atoms with van der Waals surface area (Å²) in [7, 11) is 1.75. The first-order valence-corrected chi connectivity index (χ1v) is 5.62. The minimum Gasteiger partial charge on any atom is -0.465 e. The quantitative estimate of drug-likeness (QED) is 0.490. The molecule has 17 heavy (non-hydrogen) atoms. The van der Waals surface area contributed by atoms with Crippen LogP contribution < -0.4 is 0 Å². The largest absolute Gasteiger partial charge is 0.465 e. The molecule has 0 amide bonds. The third-order valence-electron chi connectivity index (χ3n) is 2.50. The lowest BCUT2D eigenvalue weighted by Crippen LogP contribution is -2.41. The molecular weight excluding hydrogens is 220 g/mol. The lowest BCUT2D eigenvalue weighted by Gasteiger charge is -2.23. The molecule has 0 fully saturated rings.